The zero-order valence-corrected chi connectivity index (χ0v) is 19.8. The molecule has 0 fully saturated rings. The van der Waals surface area contributed by atoms with Gasteiger partial charge in [0.1, 0.15) is 0 Å². The number of thiocarbonyl (C=S) groups is 1. The summed E-state index contributed by atoms with van der Waals surface area (Å²) < 4.78 is 3.46. The van der Waals surface area contributed by atoms with Crippen LogP contribution < -0.4 is 15.9 Å². The molecule has 0 unspecified atom stereocenters. The Hall–Kier alpha value is -0.940. The first-order chi connectivity index (χ1) is 13.1. The Morgan fingerprint density at radius 1 is 0.815 bits per heavy atom. The first-order valence-electron chi connectivity index (χ1n) is 8.78. The topological polar surface area (TPSA) is 9.23 Å². The van der Waals surface area contributed by atoms with E-state index in [1.807, 2.05) is 6.92 Å². The normalized spacial score (nSPS) is 12.7. The van der Waals surface area contributed by atoms with Crippen LogP contribution in [0.1, 0.15) is 6.92 Å². The Morgan fingerprint density at radius 3 is 1.52 bits per heavy atom. The fraction of sp³-hybridized carbons (Fsp3) is 0.136. The van der Waals surface area contributed by atoms with Crippen LogP contribution in [0, 0.1) is 0 Å². The van der Waals surface area contributed by atoms with Crippen molar-refractivity contribution in [3.63, 3.8) is 0 Å². The zero-order chi connectivity index (χ0) is 19.2. The summed E-state index contributed by atoms with van der Waals surface area (Å²) in [6.45, 7) is 2.58. The molecule has 5 heteroatoms. The maximum atomic E-state index is 5.60. The van der Waals surface area contributed by atoms with Gasteiger partial charge in [-0.3, -0.25) is 0 Å². The van der Waals surface area contributed by atoms with Gasteiger partial charge in [0.15, 0.2) is 0 Å². The average molecular weight is 524 g/mol. The molecule has 0 aliphatic heterocycles. The monoisotopic (exact) mass is 524 g/mol. The maximum absolute atomic E-state index is 5.60. The van der Waals surface area contributed by atoms with Crippen molar-refractivity contribution in [1.29, 1.82) is 0 Å². The summed E-state index contributed by atoms with van der Waals surface area (Å²) in [5.74, 6) is 0. The molecule has 0 saturated carbocycles. The van der Waals surface area contributed by atoms with Crippen LogP contribution in [0.2, 0.25) is 0 Å². The molecule has 140 valence electrons. The van der Waals surface area contributed by atoms with E-state index < -0.39 is 4.25 Å². The molecule has 1 nitrogen and oxygen atoms in total. The first kappa shape index (κ1) is 20.8. The Labute approximate surface area is 184 Å². The van der Waals surface area contributed by atoms with Crippen molar-refractivity contribution >= 4 is 70.6 Å². The van der Waals surface area contributed by atoms with Crippen LogP contribution in [0.5, 0.6) is 0 Å². The van der Waals surface area contributed by atoms with Gasteiger partial charge in [0, 0.05) is 0 Å². The van der Waals surface area contributed by atoms with Crippen molar-refractivity contribution in [2.24, 2.45) is 0 Å². The van der Waals surface area contributed by atoms with E-state index in [4.69, 9.17) is 17.0 Å². The summed E-state index contributed by atoms with van der Waals surface area (Å²) >= 11 is 9.89. The van der Waals surface area contributed by atoms with E-state index in [0.717, 1.165) is 5.49 Å². The van der Waals surface area contributed by atoms with Crippen molar-refractivity contribution < 1.29 is 4.74 Å². The van der Waals surface area contributed by atoms with Gasteiger partial charge in [0.25, 0.3) is 0 Å². The second kappa shape index (κ2) is 9.04. The van der Waals surface area contributed by atoms with E-state index in [-0.39, 0.29) is 0 Å². The van der Waals surface area contributed by atoms with Crippen molar-refractivity contribution in [2.45, 2.75) is 6.92 Å². The Morgan fingerprint density at radius 2 is 1.19 bits per heavy atom. The minimum absolute atomic E-state index is 0.602. The SMILES string of the molecule is CCOC(=S)SCP(I)(c1ccccc1)(c1ccccc1)c1ccccc1. The fourth-order valence-electron chi connectivity index (χ4n) is 3.22. The van der Waals surface area contributed by atoms with Crippen molar-refractivity contribution in [1.82, 2.24) is 0 Å². The number of halogens is 1. The van der Waals surface area contributed by atoms with Crippen LogP contribution in [0.4, 0.5) is 0 Å². The van der Waals surface area contributed by atoms with Crippen LogP contribution in [0.3, 0.4) is 0 Å². The van der Waals surface area contributed by atoms with Crippen molar-refractivity contribution in [2.75, 3.05) is 12.1 Å². The Balaban J connectivity index is 2.27. The third-order valence-corrected chi connectivity index (χ3v) is 19.5. The van der Waals surface area contributed by atoms with Gasteiger partial charge in [-0.1, -0.05) is 0 Å². The second-order valence-corrected chi connectivity index (χ2v) is 18.8. The summed E-state index contributed by atoms with van der Waals surface area (Å²) in [5.41, 5.74) is 0.864. The number of rotatable bonds is 6. The molecule has 0 aromatic heterocycles. The molecular weight excluding hydrogens is 502 g/mol. The van der Waals surface area contributed by atoms with Gasteiger partial charge in [-0.15, -0.1) is 0 Å². The van der Waals surface area contributed by atoms with Gasteiger partial charge < -0.3 is 0 Å². The van der Waals surface area contributed by atoms with Gasteiger partial charge >= 0.3 is 185 Å². The molecule has 3 rings (SSSR count). The van der Waals surface area contributed by atoms with Crippen LogP contribution in [-0.4, -0.2) is 16.5 Å². The molecule has 0 saturated heterocycles. The molecular formula is C22H22IOPS2. The molecule has 0 N–H and O–H groups in total. The van der Waals surface area contributed by atoms with Gasteiger partial charge in [-0.2, -0.15) is 0 Å². The van der Waals surface area contributed by atoms with Crippen LogP contribution >= 0.6 is 50.3 Å². The zero-order valence-electron chi connectivity index (χ0n) is 15.1. The van der Waals surface area contributed by atoms with Gasteiger partial charge in [-0.05, 0) is 0 Å². The van der Waals surface area contributed by atoms with Gasteiger partial charge in [-0.25, -0.2) is 0 Å². The molecule has 0 radical (unpaired) electrons. The predicted octanol–water partition coefficient (Wildman–Crippen LogP) is 5.88. The Bertz CT molecular complexity index is 789. The first-order valence-corrected chi connectivity index (χ1v) is 15.4. The number of hydrogen-bond acceptors (Lipinski definition) is 3. The van der Waals surface area contributed by atoms with E-state index in [1.165, 1.54) is 15.9 Å². The molecule has 0 atom stereocenters. The number of ether oxygens (including phenoxy) is 1. The molecule has 27 heavy (non-hydrogen) atoms. The van der Waals surface area contributed by atoms with Crippen LogP contribution in [0.15, 0.2) is 91.0 Å². The van der Waals surface area contributed by atoms with E-state index in [9.17, 15) is 0 Å². The predicted molar refractivity (Wildman–Crippen MR) is 136 cm³/mol. The summed E-state index contributed by atoms with van der Waals surface area (Å²) in [4.78, 5) is 0. The molecule has 0 aliphatic rings. The van der Waals surface area contributed by atoms with Crippen molar-refractivity contribution in [3.8, 4) is 0 Å². The molecule has 0 aliphatic carbocycles. The van der Waals surface area contributed by atoms with Crippen molar-refractivity contribution in [3.05, 3.63) is 91.0 Å². The number of thioether (sulfide) groups is 1. The third-order valence-electron chi connectivity index (χ3n) is 4.57. The Kier molecular flexibility index (Phi) is 6.96. The summed E-state index contributed by atoms with van der Waals surface area (Å²) in [5, 5.41) is 4.06. The average Bonchev–Trinajstić information content (AvgIpc) is 2.74. The third kappa shape index (κ3) is 4.09. The van der Waals surface area contributed by atoms with E-state index in [0.29, 0.717) is 11.0 Å². The number of benzene rings is 3. The summed E-state index contributed by atoms with van der Waals surface area (Å²) in [7, 11) is 0. The summed E-state index contributed by atoms with van der Waals surface area (Å²) in [6.07, 6.45) is 0. The van der Waals surface area contributed by atoms with E-state index in [1.54, 1.807) is 11.8 Å². The summed E-state index contributed by atoms with van der Waals surface area (Å²) in [6, 6.07) is 32.6. The molecule has 0 amide bonds. The van der Waals surface area contributed by atoms with Gasteiger partial charge in [0.2, 0.25) is 0 Å². The molecule has 3 aromatic carbocycles. The molecule has 3 aromatic rings. The fourth-order valence-corrected chi connectivity index (χ4v) is 14.6. The van der Waals surface area contributed by atoms with Crippen LogP contribution in [0.25, 0.3) is 0 Å². The second-order valence-electron chi connectivity index (χ2n) is 6.15. The molecule has 0 heterocycles. The van der Waals surface area contributed by atoms with Gasteiger partial charge in [0.05, 0.1) is 0 Å². The number of hydrogen-bond donors (Lipinski definition) is 0. The quantitative estimate of drug-likeness (QED) is 0.227. The molecule has 0 bridgehead atoms. The standard InChI is InChI=1S/C22H22IOPS2/c1-2-24-22(26)27-18-25(23,19-12-6-3-7-13-19,20-14-8-4-9-15-20)21-16-10-5-11-17-21/h3-17H,2,18H2,1H3. The van der Waals surface area contributed by atoms with E-state index >= 15 is 0 Å². The minimum atomic E-state index is -2.76. The van der Waals surface area contributed by atoms with Crippen LogP contribution in [-0.2, 0) is 4.74 Å². The molecule has 0 spiro atoms. The van der Waals surface area contributed by atoms with E-state index in [2.05, 4.69) is 113 Å².